The number of rotatable bonds is 7. The molecule has 4 aromatic rings. The first-order valence-corrected chi connectivity index (χ1v) is 12.9. The zero-order valence-corrected chi connectivity index (χ0v) is 21.1. The average Bonchev–Trinajstić information content (AvgIpc) is 3.42. The Morgan fingerprint density at radius 1 is 0.973 bits per heavy atom. The average molecular weight is 515 g/mol. The SMILES string of the molecule is Cc1ccc(C(=O)N2CCN(c3ccc(NC(=O)CSc4nnc(-c5cccnc5)o4)cc3)CC2)cc1. The Hall–Kier alpha value is -4.18. The van der Waals surface area contributed by atoms with Crippen molar-refractivity contribution in [2.45, 2.75) is 12.1 Å². The summed E-state index contributed by atoms with van der Waals surface area (Å²) in [6.07, 6.45) is 3.31. The van der Waals surface area contributed by atoms with Gasteiger partial charge >= 0.3 is 0 Å². The molecule has 2 aromatic carbocycles. The Bertz CT molecular complexity index is 1350. The molecule has 1 N–H and O–H groups in total. The largest absolute Gasteiger partial charge is 0.411 e. The van der Waals surface area contributed by atoms with E-state index in [4.69, 9.17) is 4.42 Å². The van der Waals surface area contributed by atoms with Gasteiger partial charge in [-0.3, -0.25) is 14.6 Å². The van der Waals surface area contributed by atoms with Crippen LogP contribution in [-0.2, 0) is 4.79 Å². The van der Waals surface area contributed by atoms with E-state index >= 15 is 0 Å². The molecule has 2 amide bonds. The third-order valence-corrected chi connectivity index (χ3v) is 6.84. The number of nitrogens with one attached hydrogen (secondary N) is 1. The Labute approximate surface area is 218 Å². The summed E-state index contributed by atoms with van der Waals surface area (Å²) in [5.41, 5.74) is 4.37. The first kappa shape index (κ1) is 24.5. The van der Waals surface area contributed by atoms with Gasteiger partial charge < -0.3 is 19.5 Å². The molecule has 3 heterocycles. The van der Waals surface area contributed by atoms with Crippen LogP contribution in [0, 0.1) is 6.92 Å². The lowest BCUT2D eigenvalue weighted by Crippen LogP contribution is -2.48. The molecule has 0 saturated carbocycles. The van der Waals surface area contributed by atoms with Crippen LogP contribution in [0.1, 0.15) is 15.9 Å². The minimum Gasteiger partial charge on any atom is -0.411 e. The molecule has 0 radical (unpaired) electrons. The van der Waals surface area contributed by atoms with Gasteiger partial charge in [0.15, 0.2) is 0 Å². The molecule has 0 unspecified atom stereocenters. The number of carbonyl (C=O) groups is 2. The summed E-state index contributed by atoms with van der Waals surface area (Å²) in [6, 6.07) is 19.1. The molecule has 0 bridgehead atoms. The van der Waals surface area contributed by atoms with Gasteiger partial charge in [-0.05, 0) is 55.5 Å². The number of nitrogens with zero attached hydrogens (tertiary/aromatic N) is 5. The maximum atomic E-state index is 12.8. The van der Waals surface area contributed by atoms with E-state index in [0.29, 0.717) is 29.9 Å². The van der Waals surface area contributed by atoms with E-state index in [0.717, 1.165) is 35.5 Å². The van der Waals surface area contributed by atoms with Gasteiger partial charge in [-0.25, -0.2) is 0 Å². The molecule has 37 heavy (non-hydrogen) atoms. The van der Waals surface area contributed by atoms with Crippen molar-refractivity contribution < 1.29 is 14.0 Å². The van der Waals surface area contributed by atoms with Crippen LogP contribution in [-0.4, -0.2) is 63.8 Å². The number of hydrogen-bond donors (Lipinski definition) is 1. The first-order chi connectivity index (χ1) is 18.0. The van der Waals surface area contributed by atoms with E-state index in [1.165, 1.54) is 11.8 Å². The Morgan fingerprint density at radius 3 is 2.43 bits per heavy atom. The van der Waals surface area contributed by atoms with E-state index in [1.54, 1.807) is 18.5 Å². The van der Waals surface area contributed by atoms with Crippen molar-refractivity contribution in [1.82, 2.24) is 20.1 Å². The predicted octanol–water partition coefficient (Wildman–Crippen LogP) is 4.13. The van der Waals surface area contributed by atoms with E-state index in [2.05, 4.69) is 25.4 Å². The second kappa shape index (κ2) is 11.3. The number of anilines is 2. The molecule has 1 aliphatic rings. The number of benzene rings is 2. The lowest BCUT2D eigenvalue weighted by molar-refractivity contribution is -0.113. The molecule has 2 aromatic heterocycles. The molecule has 10 heteroatoms. The first-order valence-electron chi connectivity index (χ1n) is 11.9. The third-order valence-electron chi connectivity index (χ3n) is 6.02. The van der Waals surface area contributed by atoms with E-state index in [-0.39, 0.29) is 17.6 Å². The van der Waals surface area contributed by atoms with Gasteiger partial charge in [-0.15, -0.1) is 10.2 Å². The van der Waals surface area contributed by atoms with Gasteiger partial charge in [0.25, 0.3) is 11.1 Å². The summed E-state index contributed by atoms with van der Waals surface area (Å²) in [6.45, 7) is 4.86. The number of hydrogen-bond acceptors (Lipinski definition) is 8. The quantitative estimate of drug-likeness (QED) is 0.367. The summed E-state index contributed by atoms with van der Waals surface area (Å²) in [7, 11) is 0. The fraction of sp³-hybridized carbons (Fsp3) is 0.222. The monoisotopic (exact) mass is 514 g/mol. The van der Waals surface area contributed by atoms with Gasteiger partial charge in [-0.1, -0.05) is 29.5 Å². The van der Waals surface area contributed by atoms with Gasteiger partial charge in [0.1, 0.15) is 0 Å². The maximum Gasteiger partial charge on any atom is 0.277 e. The Balaban J connectivity index is 1.08. The minimum atomic E-state index is -0.165. The number of aromatic nitrogens is 3. The molecule has 1 fully saturated rings. The molecule has 0 spiro atoms. The number of pyridine rings is 1. The highest BCUT2D eigenvalue weighted by atomic mass is 32.2. The van der Waals surface area contributed by atoms with Crippen LogP contribution in [0.4, 0.5) is 11.4 Å². The van der Waals surface area contributed by atoms with Crippen LogP contribution in [0.3, 0.4) is 0 Å². The Morgan fingerprint density at radius 2 is 1.73 bits per heavy atom. The second-order valence-electron chi connectivity index (χ2n) is 8.64. The lowest BCUT2D eigenvalue weighted by Gasteiger charge is -2.36. The van der Waals surface area contributed by atoms with Gasteiger partial charge in [0.05, 0.1) is 11.3 Å². The van der Waals surface area contributed by atoms with Crippen LogP contribution in [0.15, 0.2) is 82.7 Å². The van der Waals surface area contributed by atoms with E-state index in [9.17, 15) is 9.59 Å². The van der Waals surface area contributed by atoms with Crippen molar-refractivity contribution in [3.05, 3.63) is 84.2 Å². The van der Waals surface area contributed by atoms with Crippen LogP contribution < -0.4 is 10.2 Å². The number of aryl methyl sites for hydroxylation is 1. The molecule has 0 atom stereocenters. The Kier molecular flexibility index (Phi) is 7.46. The number of thioether (sulfide) groups is 1. The number of amides is 2. The summed E-state index contributed by atoms with van der Waals surface area (Å²) in [4.78, 5) is 33.3. The van der Waals surface area contributed by atoms with Crippen LogP contribution >= 0.6 is 11.8 Å². The highest BCUT2D eigenvalue weighted by Crippen LogP contribution is 2.24. The minimum absolute atomic E-state index is 0.0735. The van der Waals surface area contributed by atoms with Gasteiger partial charge in [-0.2, -0.15) is 0 Å². The van der Waals surface area contributed by atoms with E-state index < -0.39 is 0 Å². The molecule has 188 valence electrons. The summed E-state index contributed by atoms with van der Waals surface area (Å²) < 4.78 is 5.60. The molecule has 0 aliphatic carbocycles. The number of piperazine rings is 1. The third kappa shape index (κ3) is 6.15. The molecular weight excluding hydrogens is 488 g/mol. The highest BCUT2D eigenvalue weighted by Gasteiger charge is 2.22. The van der Waals surface area contributed by atoms with Gasteiger partial charge in [0.2, 0.25) is 11.8 Å². The van der Waals surface area contributed by atoms with Gasteiger partial charge in [0, 0.05) is 55.5 Å². The molecule has 1 aliphatic heterocycles. The fourth-order valence-corrected chi connectivity index (χ4v) is 4.56. The van der Waals surface area contributed by atoms with Crippen molar-refractivity contribution in [3.8, 4) is 11.5 Å². The van der Waals surface area contributed by atoms with Crippen molar-refractivity contribution in [1.29, 1.82) is 0 Å². The van der Waals surface area contributed by atoms with Crippen molar-refractivity contribution in [2.24, 2.45) is 0 Å². The lowest BCUT2D eigenvalue weighted by atomic mass is 10.1. The van der Waals surface area contributed by atoms with Crippen molar-refractivity contribution in [2.75, 3.05) is 42.1 Å². The number of carbonyl (C=O) groups excluding carboxylic acids is 2. The normalized spacial score (nSPS) is 13.4. The standard InChI is InChI=1S/C27H26N6O3S/c1-19-4-6-20(7-5-19)26(35)33-15-13-32(14-16-33)23-10-8-22(9-11-23)29-24(34)18-37-27-31-30-25(36-27)21-3-2-12-28-17-21/h2-12,17H,13-16,18H2,1H3,(H,29,34). The van der Waals surface area contributed by atoms with Crippen LogP contribution in [0.5, 0.6) is 0 Å². The zero-order chi connectivity index (χ0) is 25.6. The molecule has 9 nitrogen and oxygen atoms in total. The van der Waals surface area contributed by atoms with Crippen molar-refractivity contribution >= 4 is 35.0 Å². The molecule has 1 saturated heterocycles. The highest BCUT2D eigenvalue weighted by molar-refractivity contribution is 7.99. The predicted molar refractivity (Wildman–Crippen MR) is 143 cm³/mol. The van der Waals surface area contributed by atoms with Crippen molar-refractivity contribution in [3.63, 3.8) is 0 Å². The summed E-state index contributed by atoms with van der Waals surface area (Å²) >= 11 is 1.18. The van der Waals surface area contributed by atoms with Crippen LogP contribution in [0.25, 0.3) is 11.5 Å². The fourth-order valence-electron chi connectivity index (χ4n) is 4.00. The topological polar surface area (TPSA) is 104 Å². The zero-order valence-electron chi connectivity index (χ0n) is 20.3. The summed E-state index contributed by atoms with van der Waals surface area (Å²) in [5, 5.41) is 11.2. The maximum absolute atomic E-state index is 12.8. The smallest absolute Gasteiger partial charge is 0.277 e. The second-order valence-corrected chi connectivity index (χ2v) is 9.57. The molecule has 5 rings (SSSR count). The van der Waals surface area contributed by atoms with E-state index in [1.807, 2.05) is 66.4 Å². The summed E-state index contributed by atoms with van der Waals surface area (Å²) in [5.74, 6) is 0.423. The molecular formula is C27H26N6O3S. The van der Waals surface area contributed by atoms with Crippen LogP contribution in [0.2, 0.25) is 0 Å².